The first kappa shape index (κ1) is 19.0. The van der Waals surface area contributed by atoms with Crippen molar-refractivity contribution in [3.8, 4) is 0 Å². The molecule has 1 unspecified atom stereocenters. The van der Waals surface area contributed by atoms with Gasteiger partial charge in [0.25, 0.3) is 5.91 Å². The molecule has 1 atom stereocenters. The van der Waals surface area contributed by atoms with Crippen molar-refractivity contribution in [3.05, 3.63) is 46.4 Å². The summed E-state index contributed by atoms with van der Waals surface area (Å²) in [5.74, 6) is -0.110. The minimum Gasteiger partial charge on any atom is -0.379 e. The van der Waals surface area contributed by atoms with Crippen LogP contribution in [0.4, 0.5) is 0 Å². The molecule has 0 aromatic carbocycles. The van der Waals surface area contributed by atoms with Crippen LogP contribution in [-0.2, 0) is 4.74 Å². The normalized spacial score (nSPS) is 16.5. The zero-order valence-electron chi connectivity index (χ0n) is 16.2. The van der Waals surface area contributed by atoms with Crippen molar-refractivity contribution in [1.82, 2.24) is 25.0 Å². The van der Waals surface area contributed by atoms with Crippen LogP contribution < -0.4 is 5.32 Å². The van der Waals surface area contributed by atoms with Crippen LogP contribution in [0.3, 0.4) is 0 Å². The second-order valence-electron chi connectivity index (χ2n) is 7.21. The van der Waals surface area contributed by atoms with Crippen LogP contribution in [0.1, 0.15) is 41.2 Å². The third-order valence-corrected chi connectivity index (χ3v) is 5.97. The van der Waals surface area contributed by atoms with Crippen molar-refractivity contribution in [2.75, 3.05) is 32.8 Å². The molecule has 1 amide bonds. The minimum absolute atomic E-state index is 0.110. The van der Waals surface area contributed by atoms with Gasteiger partial charge in [0.05, 0.1) is 31.0 Å². The van der Waals surface area contributed by atoms with Crippen molar-refractivity contribution in [3.63, 3.8) is 0 Å². The number of morpholine rings is 1. The van der Waals surface area contributed by atoms with Crippen LogP contribution in [-0.4, -0.2) is 58.4 Å². The van der Waals surface area contributed by atoms with Crippen LogP contribution in [0.15, 0.2) is 36.0 Å². The van der Waals surface area contributed by atoms with Gasteiger partial charge in [0.2, 0.25) is 0 Å². The number of hydrogen-bond donors (Lipinski definition) is 1. The summed E-state index contributed by atoms with van der Waals surface area (Å²) in [5, 5.41) is 10.4. The van der Waals surface area contributed by atoms with Gasteiger partial charge >= 0.3 is 0 Å². The molecule has 28 heavy (non-hydrogen) atoms. The molecule has 3 aromatic heterocycles. The van der Waals surface area contributed by atoms with Crippen LogP contribution in [0.5, 0.6) is 0 Å². The van der Waals surface area contributed by atoms with E-state index in [1.807, 2.05) is 10.7 Å². The number of hydrogen-bond acceptors (Lipinski definition) is 6. The molecule has 1 fully saturated rings. The SMILES string of the molecule is CC(C)n1ncc2cc(C(=O)NCC(c3cccs3)N3CCOCC3)cnc21. The fourth-order valence-electron chi connectivity index (χ4n) is 3.51. The minimum atomic E-state index is -0.110. The summed E-state index contributed by atoms with van der Waals surface area (Å²) in [4.78, 5) is 20.9. The number of nitrogens with zero attached hydrogens (tertiary/aromatic N) is 4. The van der Waals surface area contributed by atoms with E-state index < -0.39 is 0 Å². The Balaban J connectivity index is 1.48. The van der Waals surface area contributed by atoms with E-state index in [1.54, 1.807) is 23.7 Å². The Bertz CT molecular complexity index is 931. The van der Waals surface area contributed by atoms with Gasteiger partial charge in [-0.25, -0.2) is 9.67 Å². The molecule has 0 radical (unpaired) electrons. The van der Waals surface area contributed by atoms with Crippen LogP contribution in [0, 0.1) is 0 Å². The molecule has 7 nitrogen and oxygen atoms in total. The number of ether oxygens (including phenoxy) is 1. The highest BCUT2D eigenvalue weighted by molar-refractivity contribution is 7.10. The summed E-state index contributed by atoms with van der Waals surface area (Å²) in [6.07, 6.45) is 3.40. The molecule has 1 aliphatic rings. The maximum absolute atomic E-state index is 12.8. The molecule has 0 saturated carbocycles. The molecule has 0 aliphatic carbocycles. The molecule has 0 bridgehead atoms. The predicted octanol–water partition coefficient (Wildman–Crippen LogP) is 2.88. The molecular weight excluding hydrogens is 374 g/mol. The van der Waals surface area contributed by atoms with E-state index in [0.29, 0.717) is 12.1 Å². The molecule has 1 saturated heterocycles. The first-order valence-corrected chi connectivity index (χ1v) is 10.5. The van der Waals surface area contributed by atoms with E-state index in [0.717, 1.165) is 37.3 Å². The largest absolute Gasteiger partial charge is 0.379 e. The van der Waals surface area contributed by atoms with E-state index in [9.17, 15) is 4.79 Å². The van der Waals surface area contributed by atoms with Gasteiger partial charge in [-0.2, -0.15) is 5.10 Å². The predicted molar refractivity (Wildman–Crippen MR) is 110 cm³/mol. The van der Waals surface area contributed by atoms with Crippen molar-refractivity contribution < 1.29 is 9.53 Å². The summed E-state index contributed by atoms with van der Waals surface area (Å²) in [6, 6.07) is 6.43. The highest BCUT2D eigenvalue weighted by atomic mass is 32.1. The smallest absolute Gasteiger partial charge is 0.252 e. The van der Waals surface area contributed by atoms with Gasteiger partial charge in [-0.15, -0.1) is 11.3 Å². The van der Waals surface area contributed by atoms with Crippen molar-refractivity contribution in [2.24, 2.45) is 0 Å². The second-order valence-corrected chi connectivity index (χ2v) is 8.19. The van der Waals surface area contributed by atoms with Gasteiger partial charge in [-0.05, 0) is 31.4 Å². The zero-order chi connectivity index (χ0) is 19.5. The summed E-state index contributed by atoms with van der Waals surface area (Å²) in [5.41, 5.74) is 1.36. The lowest BCUT2D eigenvalue weighted by Crippen LogP contribution is -2.43. The first-order chi connectivity index (χ1) is 13.6. The monoisotopic (exact) mass is 399 g/mol. The van der Waals surface area contributed by atoms with E-state index >= 15 is 0 Å². The van der Waals surface area contributed by atoms with Gasteiger partial charge in [0.15, 0.2) is 5.65 Å². The van der Waals surface area contributed by atoms with Gasteiger partial charge in [0.1, 0.15) is 0 Å². The van der Waals surface area contributed by atoms with Crippen molar-refractivity contribution >= 4 is 28.3 Å². The van der Waals surface area contributed by atoms with E-state index in [2.05, 4.69) is 51.7 Å². The van der Waals surface area contributed by atoms with Gasteiger partial charge in [0, 0.05) is 42.1 Å². The van der Waals surface area contributed by atoms with E-state index in [4.69, 9.17) is 4.74 Å². The van der Waals surface area contributed by atoms with Crippen molar-refractivity contribution in [1.29, 1.82) is 0 Å². The Morgan fingerprint density at radius 1 is 1.32 bits per heavy atom. The Hall–Kier alpha value is -2.29. The summed E-state index contributed by atoms with van der Waals surface area (Å²) in [6.45, 7) is 7.89. The number of aromatic nitrogens is 3. The van der Waals surface area contributed by atoms with Gasteiger partial charge in [-0.3, -0.25) is 9.69 Å². The molecule has 8 heteroatoms. The molecule has 0 spiro atoms. The molecule has 4 rings (SSSR count). The summed E-state index contributed by atoms with van der Waals surface area (Å²) >= 11 is 1.72. The highest BCUT2D eigenvalue weighted by Gasteiger charge is 2.24. The maximum atomic E-state index is 12.8. The number of nitrogens with one attached hydrogen (secondary N) is 1. The van der Waals surface area contributed by atoms with Gasteiger partial charge in [-0.1, -0.05) is 6.07 Å². The maximum Gasteiger partial charge on any atom is 0.252 e. The van der Waals surface area contributed by atoms with Crippen LogP contribution in [0.25, 0.3) is 11.0 Å². The molecule has 148 valence electrons. The second kappa shape index (κ2) is 8.38. The fraction of sp³-hybridized carbons (Fsp3) is 0.450. The Morgan fingerprint density at radius 2 is 2.14 bits per heavy atom. The quantitative estimate of drug-likeness (QED) is 0.690. The number of amides is 1. The zero-order valence-corrected chi connectivity index (χ0v) is 17.0. The van der Waals surface area contributed by atoms with Crippen LogP contribution in [0.2, 0.25) is 0 Å². The van der Waals surface area contributed by atoms with Gasteiger partial charge < -0.3 is 10.1 Å². The Labute approximate surface area is 168 Å². The molecule has 1 aliphatic heterocycles. The standard InChI is InChI=1S/C20H25N5O2S/c1-14(2)25-19-15(12-23-25)10-16(11-21-19)20(26)22-13-17(18-4-3-9-28-18)24-5-7-27-8-6-24/h3-4,9-12,14,17H,5-8,13H2,1-2H3,(H,22,26). The molecule has 4 heterocycles. The van der Waals surface area contributed by atoms with Crippen molar-refractivity contribution in [2.45, 2.75) is 25.9 Å². The number of pyridine rings is 1. The number of carbonyl (C=O) groups excluding carboxylic acids is 1. The summed E-state index contributed by atoms with van der Waals surface area (Å²) in [7, 11) is 0. The van der Waals surface area contributed by atoms with Crippen LogP contribution >= 0.6 is 11.3 Å². The fourth-order valence-corrected chi connectivity index (χ4v) is 4.37. The topological polar surface area (TPSA) is 72.3 Å². The number of rotatable bonds is 6. The Kier molecular flexibility index (Phi) is 5.70. The number of carbonyl (C=O) groups is 1. The lowest BCUT2D eigenvalue weighted by atomic mass is 10.1. The lowest BCUT2D eigenvalue weighted by molar-refractivity contribution is 0.0169. The average molecular weight is 400 g/mol. The van der Waals surface area contributed by atoms with E-state index in [-0.39, 0.29) is 18.0 Å². The first-order valence-electron chi connectivity index (χ1n) is 9.60. The lowest BCUT2D eigenvalue weighted by Gasteiger charge is -2.34. The highest BCUT2D eigenvalue weighted by Crippen LogP contribution is 2.25. The molecule has 1 N–H and O–H groups in total. The summed E-state index contributed by atoms with van der Waals surface area (Å²) < 4.78 is 7.34. The molecule has 3 aromatic rings. The third-order valence-electron chi connectivity index (χ3n) is 5.00. The number of fused-ring (bicyclic) bond motifs is 1. The number of thiophene rings is 1. The Morgan fingerprint density at radius 3 is 2.86 bits per heavy atom. The average Bonchev–Trinajstić information content (AvgIpc) is 3.38. The van der Waals surface area contributed by atoms with E-state index in [1.165, 1.54) is 4.88 Å². The molecular formula is C20H25N5O2S. The third kappa shape index (κ3) is 3.94.